The van der Waals surface area contributed by atoms with Gasteiger partial charge < -0.3 is 10.6 Å². The van der Waals surface area contributed by atoms with Crippen molar-refractivity contribution < 1.29 is 0 Å². The molecule has 1 heterocycles. The van der Waals surface area contributed by atoms with E-state index in [1.165, 1.54) is 31.5 Å². The van der Waals surface area contributed by atoms with Crippen molar-refractivity contribution in [1.82, 2.24) is 4.90 Å². The van der Waals surface area contributed by atoms with Crippen LogP contribution in [0.4, 0.5) is 0 Å². The lowest BCUT2D eigenvalue weighted by atomic mass is 9.59. The number of hydrogen-bond acceptors (Lipinski definition) is 2. The zero-order chi connectivity index (χ0) is 15.6. The Kier molecular flexibility index (Phi) is 5.40. The molecule has 2 N–H and O–H groups in total. The highest BCUT2D eigenvalue weighted by Crippen LogP contribution is 2.38. The van der Waals surface area contributed by atoms with Gasteiger partial charge in [0.15, 0.2) is 0 Å². The van der Waals surface area contributed by atoms with Crippen molar-refractivity contribution in [1.29, 1.82) is 0 Å². The summed E-state index contributed by atoms with van der Waals surface area (Å²) in [6, 6.07) is 1.28. The van der Waals surface area contributed by atoms with E-state index in [-0.39, 0.29) is 0 Å². The fourth-order valence-corrected chi connectivity index (χ4v) is 4.22. The van der Waals surface area contributed by atoms with E-state index in [4.69, 9.17) is 18.6 Å². The summed E-state index contributed by atoms with van der Waals surface area (Å²) in [5, 5.41) is 0. The van der Waals surface area contributed by atoms with Gasteiger partial charge in [-0.1, -0.05) is 19.3 Å². The lowest BCUT2D eigenvalue weighted by molar-refractivity contribution is 0.103. The van der Waals surface area contributed by atoms with Crippen LogP contribution in [0.5, 0.6) is 0 Å². The molecule has 1 aliphatic heterocycles. The van der Waals surface area contributed by atoms with Gasteiger partial charge in [0.1, 0.15) is 0 Å². The van der Waals surface area contributed by atoms with Crippen molar-refractivity contribution in [2.45, 2.75) is 96.2 Å². The Bertz CT molecular complexity index is 376. The molecule has 1 saturated heterocycles. The summed E-state index contributed by atoms with van der Waals surface area (Å²) in [4.78, 5) is 7.43. The zero-order valence-electron chi connectivity index (χ0n) is 14.3. The number of nitrogens with two attached hydrogens (primary N) is 1. The first kappa shape index (κ1) is 16.9. The highest BCUT2D eigenvalue weighted by atomic mass is 15.3. The standard InChI is InChI=1S/C17H32BN3/c1-12(2)20-16-10-9-14-15(21(16)13(3)4)8-6-5-7-11-17(14,18)19/h12-15H,5-11,19H2,1-4H3. The smallest absolute Gasteiger partial charge is 0.0997 e. The van der Waals surface area contributed by atoms with Crippen molar-refractivity contribution in [3.8, 4) is 0 Å². The second kappa shape index (κ2) is 6.72. The molecule has 0 bridgehead atoms. The predicted octanol–water partition coefficient (Wildman–Crippen LogP) is 3.07. The first-order valence-corrected chi connectivity index (χ1v) is 8.75. The van der Waals surface area contributed by atoms with Gasteiger partial charge >= 0.3 is 0 Å². The lowest BCUT2D eigenvalue weighted by Crippen LogP contribution is -2.62. The number of hydrogen-bond donors (Lipinski definition) is 1. The highest BCUT2D eigenvalue weighted by Gasteiger charge is 2.43. The number of rotatable bonds is 2. The average Bonchev–Trinajstić information content (AvgIpc) is 2.35. The summed E-state index contributed by atoms with van der Waals surface area (Å²) in [6.45, 7) is 8.86. The zero-order valence-corrected chi connectivity index (χ0v) is 14.3. The quantitative estimate of drug-likeness (QED) is 0.794. The van der Waals surface area contributed by atoms with E-state index in [0.29, 0.717) is 24.0 Å². The summed E-state index contributed by atoms with van der Waals surface area (Å²) in [6.07, 6.45) is 7.98. The molecule has 0 spiro atoms. The van der Waals surface area contributed by atoms with E-state index in [2.05, 4.69) is 32.6 Å². The maximum absolute atomic E-state index is 6.52. The molecule has 0 aromatic carbocycles. The number of fused-ring (bicyclic) bond motifs is 1. The number of aliphatic imine (C=N–C) groups is 1. The second-order valence-corrected chi connectivity index (χ2v) is 7.56. The van der Waals surface area contributed by atoms with Crippen LogP contribution in [-0.4, -0.2) is 42.1 Å². The van der Waals surface area contributed by atoms with Gasteiger partial charge in [0.2, 0.25) is 0 Å². The Morgan fingerprint density at radius 2 is 1.90 bits per heavy atom. The fraction of sp³-hybridized carbons (Fsp3) is 0.941. The van der Waals surface area contributed by atoms with Crippen LogP contribution in [0.15, 0.2) is 4.99 Å². The minimum absolute atomic E-state index is 0.354. The first-order chi connectivity index (χ1) is 9.83. The molecular weight excluding hydrogens is 257 g/mol. The van der Waals surface area contributed by atoms with Crippen LogP contribution in [0, 0.1) is 5.92 Å². The summed E-state index contributed by atoms with van der Waals surface area (Å²) in [5.41, 5.74) is 6.01. The predicted molar refractivity (Wildman–Crippen MR) is 91.8 cm³/mol. The van der Waals surface area contributed by atoms with Gasteiger partial charge in [-0.25, -0.2) is 0 Å². The van der Waals surface area contributed by atoms with Gasteiger partial charge in [-0.05, 0) is 58.3 Å². The molecular formula is C17H32BN3. The van der Waals surface area contributed by atoms with E-state index in [9.17, 15) is 0 Å². The van der Waals surface area contributed by atoms with Crippen LogP contribution in [-0.2, 0) is 0 Å². The molecule has 4 heteroatoms. The van der Waals surface area contributed by atoms with Crippen molar-refractivity contribution in [2.75, 3.05) is 0 Å². The minimum atomic E-state index is -0.512. The van der Waals surface area contributed by atoms with Crippen LogP contribution >= 0.6 is 0 Å². The van der Waals surface area contributed by atoms with Crippen LogP contribution in [0.1, 0.15) is 72.6 Å². The number of nitrogens with zero attached hydrogens (tertiary/aromatic N) is 2. The van der Waals surface area contributed by atoms with Crippen LogP contribution in [0.3, 0.4) is 0 Å². The molecule has 118 valence electrons. The van der Waals surface area contributed by atoms with Gasteiger partial charge in [-0.3, -0.25) is 4.99 Å². The van der Waals surface area contributed by atoms with Gasteiger partial charge in [-0.2, -0.15) is 0 Å². The van der Waals surface area contributed by atoms with Crippen molar-refractivity contribution in [3.05, 3.63) is 0 Å². The number of piperidine rings is 1. The van der Waals surface area contributed by atoms with E-state index >= 15 is 0 Å². The molecule has 0 aromatic heterocycles. The molecule has 1 aliphatic carbocycles. The third-order valence-electron chi connectivity index (χ3n) is 5.06. The summed E-state index contributed by atoms with van der Waals surface area (Å²) < 4.78 is 0. The number of likely N-dealkylation sites (tertiary alicyclic amines) is 1. The van der Waals surface area contributed by atoms with Gasteiger partial charge in [-0.15, -0.1) is 0 Å². The monoisotopic (exact) mass is 289 g/mol. The second-order valence-electron chi connectivity index (χ2n) is 7.56. The Hall–Kier alpha value is -0.505. The Morgan fingerprint density at radius 3 is 2.52 bits per heavy atom. The molecule has 1 saturated carbocycles. The van der Waals surface area contributed by atoms with Crippen molar-refractivity contribution in [3.63, 3.8) is 0 Å². The maximum Gasteiger partial charge on any atom is 0.0997 e. The first-order valence-electron chi connectivity index (χ1n) is 8.75. The Morgan fingerprint density at radius 1 is 1.19 bits per heavy atom. The van der Waals surface area contributed by atoms with Gasteiger partial charge in [0.05, 0.1) is 13.7 Å². The van der Waals surface area contributed by atoms with E-state index < -0.39 is 5.44 Å². The maximum atomic E-state index is 6.52. The topological polar surface area (TPSA) is 41.6 Å². The van der Waals surface area contributed by atoms with Crippen LogP contribution in [0.2, 0.25) is 0 Å². The fourth-order valence-electron chi connectivity index (χ4n) is 4.22. The van der Waals surface area contributed by atoms with Crippen LogP contribution < -0.4 is 5.73 Å². The summed E-state index contributed by atoms with van der Waals surface area (Å²) >= 11 is 0. The Labute approximate surface area is 132 Å². The lowest BCUT2D eigenvalue weighted by Gasteiger charge is -2.52. The molecule has 0 aromatic rings. The molecule has 0 amide bonds. The van der Waals surface area contributed by atoms with E-state index in [0.717, 1.165) is 19.3 Å². The Balaban J connectivity index is 2.32. The molecule has 3 atom stereocenters. The summed E-state index contributed by atoms with van der Waals surface area (Å²) in [7, 11) is 6.52. The van der Waals surface area contributed by atoms with Crippen LogP contribution in [0.25, 0.3) is 0 Å². The van der Waals surface area contributed by atoms with Gasteiger partial charge in [0, 0.05) is 24.5 Å². The van der Waals surface area contributed by atoms with Crippen molar-refractivity contribution >= 4 is 13.7 Å². The molecule has 2 rings (SSSR count). The molecule has 2 aliphatic rings. The molecule has 21 heavy (non-hydrogen) atoms. The average molecular weight is 289 g/mol. The van der Waals surface area contributed by atoms with Crippen molar-refractivity contribution in [2.24, 2.45) is 16.6 Å². The third kappa shape index (κ3) is 3.83. The molecule has 3 nitrogen and oxygen atoms in total. The highest BCUT2D eigenvalue weighted by molar-refractivity contribution is 6.15. The molecule has 2 fully saturated rings. The number of amidine groups is 1. The SMILES string of the molecule is [B]C1(N)CCCCCC2C1CCC(=NC(C)C)N2C(C)C. The van der Waals surface area contributed by atoms with E-state index in [1.54, 1.807) is 0 Å². The summed E-state index contributed by atoms with van der Waals surface area (Å²) in [5.74, 6) is 1.67. The molecule has 3 unspecified atom stereocenters. The normalized spacial score (nSPS) is 36.7. The minimum Gasteiger partial charge on any atom is -0.355 e. The van der Waals surface area contributed by atoms with Gasteiger partial charge in [0.25, 0.3) is 0 Å². The van der Waals surface area contributed by atoms with E-state index in [1.807, 2.05) is 0 Å². The molecule has 2 radical (unpaired) electrons. The largest absolute Gasteiger partial charge is 0.355 e. The third-order valence-corrected chi connectivity index (χ3v) is 5.06.